The van der Waals surface area contributed by atoms with Gasteiger partial charge in [0.25, 0.3) is 5.91 Å². The molecule has 10 heteroatoms. The molecule has 2 aromatic carbocycles. The number of aromatic nitrogens is 3. The summed E-state index contributed by atoms with van der Waals surface area (Å²) in [4.78, 5) is 25.5. The normalized spacial score (nSPS) is 11.8. The minimum atomic E-state index is -0.355. The van der Waals surface area contributed by atoms with Crippen molar-refractivity contribution < 1.29 is 14.3 Å². The van der Waals surface area contributed by atoms with Crippen molar-refractivity contribution in [3.63, 3.8) is 0 Å². The third-order valence-corrected chi connectivity index (χ3v) is 6.49. The van der Waals surface area contributed by atoms with Crippen molar-refractivity contribution in [3.8, 4) is 5.75 Å². The van der Waals surface area contributed by atoms with E-state index >= 15 is 0 Å². The van der Waals surface area contributed by atoms with Crippen molar-refractivity contribution in [1.82, 2.24) is 20.1 Å². The van der Waals surface area contributed by atoms with Crippen LogP contribution in [0.1, 0.15) is 49.4 Å². The molecular formula is C25H30ClN5O3S. The number of benzene rings is 2. The van der Waals surface area contributed by atoms with Crippen molar-refractivity contribution in [3.05, 3.63) is 64.9 Å². The molecule has 1 aromatic heterocycles. The van der Waals surface area contributed by atoms with E-state index in [2.05, 4.69) is 34.7 Å². The van der Waals surface area contributed by atoms with Crippen LogP contribution in [0, 0.1) is 5.92 Å². The highest BCUT2D eigenvalue weighted by molar-refractivity contribution is 7.99. The Balaban J connectivity index is 1.73. The number of carbonyl (C=O) groups is 2. The van der Waals surface area contributed by atoms with E-state index in [1.807, 2.05) is 23.6 Å². The average Bonchev–Trinajstić information content (AvgIpc) is 3.25. The van der Waals surface area contributed by atoms with Crippen molar-refractivity contribution >= 4 is 40.9 Å². The van der Waals surface area contributed by atoms with Gasteiger partial charge in [-0.25, -0.2) is 0 Å². The minimum absolute atomic E-state index is 0.163. The number of hydrogen-bond acceptors (Lipinski definition) is 6. The molecule has 0 aliphatic rings. The van der Waals surface area contributed by atoms with Crippen LogP contribution < -0.4 is 15.4 Å². The number of amides is 2. The highest BCUT2D eigenvalue weighted by Crippen LogP contribution is 2.26. The molecule has 0 radical (unpaired) electrons. The van der Waals surface area contributed by atoms with E-state index in [1.165, 1.54) is 11.8 Å². The van der Waals surface area contributed by atoms with Gasteiger partial charge in [0.2, 0.25) is 5.91 Å². The summed E-state index contributed by atoms with van der Waals surface area (Å²) in [5.74, 6) is 1.35. The Morgan fingerprint density at radius 1 is 1.14 bits per heavy atom. The fraction of sp³-hybridized carbons (Fsp3) is 0.360. The van der Waals surface area contributed by atoms with E-state index in [9.17, 15) is 9.59 Å². The second kappa shape index (κ2) is 12.6. The molecule has 3 aromatic rings. The third kappa shape index (κ3) is 7.22. The zero-order chi connectivity index (χ0) is 25.4. The zero-order valence-corrected chi connectivity index (χ0v) is 21.8. The summed E-state index contributed by atoms with van der Waals surface area (Å²) in [5.41, 5.74) is 1.07. The van der Waals surface area contributed by atoms with Crippen molar-refractivity contribution in [2.24, 2.45) is 5.92 Å². The molecule has 2 amide bonds. The molecule has 2 N–H and O–H groups in total. The Morgan fingerprint density at radius 3 is 2.60 bits per heavy atom. The van der Waals surface area contributed by atoms with Crippen LogP contribution in [0.4, 0.5) is 5.69 Å². The summed E-state index contributed by atoms with van der Waals surface area (Å²) in [6.45, 7) is 6.74. The van der Waals surface area contributed by atoms with Crippen LogP contribution in [0.3, 0.4) is 0 Å². The van der Waals surface area contributed by atoms with Gasteiger partial charge < -0.3 is 19.9 Å². The number of thioether (sulfide) groups is 1. The smallest absolute Gasteiger partial charge is 0.253 e. The Bertz CT molecular complexity index is 1170. The molecule has 0 unspecified atom stereocenters. The molecule has 186 valence electrons. The summed E-state index contributed by atoms with van der Waals surface area (Å²) in [7, 11) is 1.58. The van der Waals surface area contributed by atoms with Crippen molar-refractivity contribution in [2.75, 3.05) is 18.2 Å². The van der Waals surface area contributed by atoms with Gasteiger partial charge >= 0.3 is 0 Å². The lowest BCUT2D eigenvalue weighted by Crippen LogP contribution is -2.31. The third-order valence-electron chi connectivity index (χ3n) is 5.19. The van der Waals surface area contributed by atoms with Crippen LogP contribution in [-0.4, -0.2) is 39.4 Å². The standard InChI is InChI=1S/C25H30ClN5O3S/c1-5-31-23(21(13-16(2)3)28-24(33)19-11-6-7-12-20(19)26)29-30-25(31)35-15-22(32)27-17-9-8-10-18(14-17)34-4/h6-12,14,16,21H,5,13,15H2,1-4H3,(H,27,32)(H,28,33)/t21-/m1/s1. The van der Waals surface area contributed by atoms with Gasteiger partial charge in [-0.1, -0.05) is 55.4 Å². The molecule has 0 saturated carbocycles. The highest BCUT2D eigenvalue weighted by Gasteiger charge is 2.25. The van der Waals surface area contributed by atoms with Crippen molar-refractivity contribution in [2.45, 2.75) is 44.9 Å². The molecule has 0 spiro atoms. The number of rotatable bonds is 11. The Morgan fingerprint density at radius 2 is 1.91 bits per heavy atom. The maximum Gasteiger partial charge on any atom is 0.253 e. The first-order chi connectivity index (χ1) is 16.8. The molecule has 1 heterocycles. The van der Waals surface area contributed by atoms with Crippen LogP contribution in [-0.2, 0) is 11.3 Å². The number of anilines is 1. The first-order valence-electron chi connectivity index (χ1n) is 11.4. The number of ether oxygens (including phenoxy) is 1. The summed E-state index contributed by atoms with van der Waals surface area (Å²) in [6.07, 6.45) is 0.676. The Labute approximate surface area is 214 Å². The van der Waals surface area contributed by atoms with Gasteiger partial charge in [-0.15, -0.1) is 10.2 Å². The lowest BCUT2D eigenvalue weighted by Gasteiger charge is -2.21. The monoisotopic (exact) mass is 515 g/mol. The van der Waals surface area contributed by atoms with Crippen LogP contribution in [0.2, 0.25) is 5.02 Å². The molecule has 0 aliphatic carbocycles. The quantitative estimate of drug-likeness (QED) is 0.340. The van der Waals surface area contributed by atoms with Gasteiger partial charge in [-0.05, 0) is 43.5 Å². The van der Waals surface area contributed by atoms with E-state index in [4.69, 9.17) is 16.3 Å². The number of carbonyl (C=O) groups excluding carboxylic acids is 2. The lowest BCUT2D eigenvalue weighted by atomic mass is 10.0. The lowest BCUT2D eigenvalue weighted by molar-refractivity contribution is -0.113. The topological polar surface area (TPSA) is 98.1 Å². The molecule has 35 heavy (non-hydrogen) atoms. The summed E-state index contributed by atoms with van der Waals surface area (Å²) in [5, 5.41) is 15.6. The zero-order valence-electron chi connectivity index (χ0n) is 20.2. The van der Waals surface area contributed by atoms with Gasteiger partial charge in [-0.2, -0.15) is 0 Å². The molecule has 0 saturated heterocycles. The van der Waals surface area contributed by atoms with E-state index in [0.717, 1.165) is 0 Å². The maximum absolute atomic E-state index is 13.0. The van der Waals surface area contributed by atoms with Gasteiger partial charge in [0.05, 0.1) is 29.5 Å². The summed E-state index contributed by atoms with van der Waals surface area (Å²) in [6, 6.07) is 13.8. The fourth-order valence-electron chi connectivity index (χ4n) is 3.57. The number of nitrogens with one attached hydrogen (secondary N) is 2. The molecule has 8 nitrogen and oxygen atoms in total. The first kappa shape index (κ1) is 26.6. The van der Waals surface area contributed by atoms with E-state index in [1.54, 1.807) is 43.5 Å². The van der Waals surface area contributed by atoms with Gasteiger partial charge in [0.15, 0.2) is 11.0 Å². The van der Waals surface area contributed by atoms with E-state index in [-0.39, 0.29) is 23.6 Å². The summed E-state index contributed by atoms with van der Waals surface area (Å²) >= 11 is 7.52. The fourth-order valence-corrected chi connectivity index (χ4v) is 4.60. The molecule has 0 fully saturated rings. The maximum atomic E-state index is 13.0. The van der Waals surface area contributed by atoms with Crippen molar-refractivity contribution in [1.29, 1.82) is 0 Å². The predicted octanol–water partition coefficient (Wildman–Crippen LogP) is 5.21. The van der Waals surface area contributed by atoms with E-state index in [0.29, 0.717) is 51.9 Å². The van der Waals surface area contributed by atoms with E-state index < -0.39 is 0 Å². The second-order valence-electron chi connectivity index (χ2n) is 8.29. The van der Waals surface area contributed by atoms with Crippen LogP contribution in [0.5, 0.6) is 5.75 Å². The molecule has 1 atom stereocenters. The minimum Gasteiger partial charge on any atom is -0.497 e. The summed E-state index contributed by atoms with van der Waals surface area (Å²) < 4.78 is 7.13. The van der Waals surface area contributed by atoms with Gasteiger partial charge in [-0.3, -0.25) is 9.59 Å². The average molecular weight is 516 g/mol. The number of hydrogen-bond donors (Lipinski definition) is 2. The van der Waals surface area contributed by atoms with Gasteiger partial charge in [0, 0.05) is 18.3 Å². The number of halogens is 1. The highest BCUT2D eigenvalue weighted by atomic mass is 35.5. The van der Waals surface area contributed by atoms with Gasteiger partial charge in [0.1, 0.15) is 5.75 Å². The molecule has 0 bridgehead atoms. The Hall–Kier alpha value is -3.04. The SMILES string of the molecule is CCn1c(SCC(=O)Nc2cccc(OC)c2)nnc1[C@@H](CC(C)C)NC(=O)c1ccccc1Cl. The first-order valence-corrected chi connectivity index (χ1v) is 12.7. The number of nitrogens with zero attached hydrogens (tertiary/aromatic N) is 3. The number of methoxy groups -OCH3 is 1. The largest absolute Gasteiger partial charge is 0.497 e. The Kier molecular flexibility index (Phi) is 9.56. The second-order valence-corrected chi connectivity index (χ2v) is 9.64. The molecule has 3 rings (SSSR count). The molecule has 0 aliphatic heterocycles. The molecular weight excluding hydrogens is 486 g/mol. The van der Waals surface area contributed by atoms with Crippen LogP contribution in [0.25, 0.3) is 0 Å². The predicted molar refractivity (Wildman–Crippen MR) is 139 cm³/mol. The van der Waals surface area contributed by atoms with Crippen LogP contribution >= 0.6 is 23.4 Å². The van der Waals surface area contributed by atoms with Crippen LogP contribution in [0.15, 0.2) is 53.7 Å².